The van der Waals surface area contributed by atoms with Crippen LogP contribution in [0, 0.1) is 40.2 Å². The summed E-state index contributed by atoms with van der Waals surface area (Å²) in [7, 11) is 1.46. The van der Waals surface area contributed by atoms with Gasteiger partial charge in [-0.1, -0.05) is 24.3 Å². The molecular weight excluding hydrogens is 456 g/mol. The minimum absolute atomic E-state index is 0.114. The first-order chi connectivity index (χ1) is 16.5. The molecule has 2 bridgehead atoms. The number of hydrogen-bond donors (Lipinski definition) is 3. The van der Waals surface area contributed by atoms with Crippen LogP contribution in [0.2, 0.25) is 0 Å². The molecule has 8 heteroatoms. The molecule has 188 valence electrons. The Labute approximate surface area is 203 Å². The Morgan fingerprint density at radius 3 is 2.66 bits per heavy atom. The smallest absolute Gasteiger partial charge is 0.224 e. The number of amides is 1. The summed E-state index contributed by atoms with van der Waals surface area (Å²) in [5, 5.41) is 25.1. The van der Waals surface area contributed by atoms with Gasteiger partial charge in [0.15, 0.2) is 0 Å². The molecule has 0 heterocycles. The van der Waals surface area contributed by atoms with Crippen LogP contribution in [0.25, 0.3) is 0 Å². The van der Waals surface area contributed by atoms with E-state index in [0.29, 0.717) is 37.5 Å². The van der Waals surface area contributed by atoms with Crippen molar-refractivity contribution in [2.24, 2.45) is 28.6 Å². The maximum absolute atomic E-state index is 14.2. The number of aldehydes is 1. The molecule has 4 aliphatic carbocycles. The van der Waals surface area contributed by atoms with E-state index < -0.39 is 58.0 Å². The van der Waals surface area contributed by atoms with Crippen LogP contribution in [0.15, 0.2) is 42.0 Å². The van der Waals surface area contributed by atoms with Gasteiger partial charge in [0.1, 0.15) is 24.0 Å². The number of rotatable bonds is 5. The van der Waals surface area contributed by atoms with Crippen molar-refractivity contribution in [3.05, 3.63) is 59.2 Å². The number of carbonyl (C=O) groups excluding carboxylic acids is 2. The first kappa shape index (κ1) is 24.3. The molecule has 0 saturated heterocycles. The highest BCUT2D eigenvalue weighted by Gasteiger charge is 2.72. The van der Waals surface area contributed by atoms with E-state index in [-0.39, 0.29) is 18.0 Å². The Morgan fingerprint density at radius 2 is 2.03 bits per heavy atom. The molecule has 0 aromatic heterocycles. The van der Waals surface area contributed by atoms with E-state index in [4.69, 9.17) is 4.74 Å². The topological polar surface area (TPSA) is 95.9 Å². The zero-order valence-corrected chi connectivity index (χ0v) is 19.9. The van der Waals surface area contributed by atoms with Crippen LogP contribution in [-0.4, -0.2) is 47.3 Å². The Kier molecular flexibility index (Phi) is 5.58. The molecule has 8 atom stereocenters. The molecule has 1 aromatic carbocycles. The summed E-state index contributed by atoms with van der Waals surface area (Å²) >= 11 is 0. The van der Waals surface area contributed by atoms with Crippen LogP contribution in [0.3, 0.4) is 0 Å². The van der Waals surface area contributed by atoms with E-state index in [0.717, 1.165) is 17.7 Å². The van der Waals surface area contributed by atoms with E-state index in [1.165, 1.54) is 13.2 Å². The number of nitrogens with one attached hydrogen (secondary N) is 1. The van der Waals surface area contributed by atoms with E-state index in [9.17, 15) is 28.6 Å². The highest BCUT2D eigenvalue weighted by molar-refractivity contribution is 5.83. The lowest BCUT2D eigenvalue weighted by Gasteiger charge is -2.45. The summed E-state index contributed by atoms with van der Waals surface area (Å²) in [5.41, 5.74) is -1.85. The van der Waals surface area contributed by atoms with Crippen molar-refractivity contribution in [3.8, 4) is 0 Å². The van der Waals surface area contributed by atoms with Crippen molar-refractivity contribution in [3.63, 3.8) is 0 Å². The summed E-state index contributed by atoms with van der Waals surface area (Å²) in [6.07, 6.45) is 2.44. The molecule has 3 fully saturated rings. The van der Waals surface area contributed by atoms with E-state index in [1.54, 1.807) is 6.92 Å². The normalized spacial score (nSPS) is 41.7. The number of benzene rings is 1. The van der Waals surface area contributed by atoms with Gasteiger partial charge in [-0.05, 0) is 61.6 Å². The summed E-state index contributed by atoms with van der Waals surface area (Å²) in [6, 6.07) is 3.51. The Morgan fingerprint density at radius 1 is 1.34 bits per heavy atom. The summed E-state index contributed by atoms with van der Waals surface area (Å²) in [5.74, 6) is -3.54. The van der Waals surface area contributed by atoms with E-state index >= 15 is 0 Å². The monoisotopic (exact) mass is 487 g/mol. The third kappa shape index (κ3) is 3.22. The van der Waals surface area contributed by atoms with Gasteiger partial charge in [-0.25, -0.2) is 8.78 Å². The highest BCUT2D eigenvalue weighted by Crippen LogP contribution is 2.73. The Balaban J connectivity index is 1.60. The SMILES string of the molecule is C=C1C[C@]23C[C@@]1(O)CC[C@H]2C1=C[C@@H](OC)[C@H](O)[C@@](C)(C=O)C1[C@@H]3C(=O)NCc1c(F)cccc1F. The van der Waals surface area contributed by atoms with Crippen LogP contribution in [0.1, 0.15) is 38.2 Å². The molecule has 1 spiro atoms. The predicted octanol–water partition coefficient (Wildman–Crippen LogP) is 2.83. The number of allylic oxidation sites excluding steroid dienone is 1. The third-order valence-corrected chi connectivity index (χ3v) is 9.36. The number of halogens is 2. The molecule has 1 aromatic rings. The van der Waals surface area contributed by atoms with E-state index in [1.807, 2.05) is 6.08 Å². The van der Waals surface area contributed by atoms with Crippen LogP contribution in [0.5, 0.6) is 0 Å². The van der Waals surface area contributed by atoms with Crippen molar-refractivity contribution in [1.82, 2.24) is 5.32 Å². The van der Waals surface area contributed by atoms with Gasteiger partial charge in [-0.2, -0.15) is 0 Å². The van der Waals surface area contributed by atoms with Crippen molar-refractivity contribution in [2.45, 2.75) is 57.0 Å². The first-order valence-electron chi connectivity index (χ1n) is 12.0. The van der Waals surface area contributed by atoms with Gasteiger partial charge in [0, 0.05) is 25.1 Å². The van der Waals surface area contributed by atoms with Crippen molar-refractivity contribution < 1.29 is 33.3 Å². The number of ether oxygens (including phenoxy) is 1. The number of methoxy groups -OCH3 is 1. The molecular formula is C27H31F2NO5. The van der Waals surface area contributed by atoms with Gasteiger partial charge in [-0.15, -0.1) is 0 Å². The summed E-state index contributed by atoms with van der Waals surface area (Å²) < 4.78 is 34.0. The molecule has 0 radical (unpaired) electrons. The number of fused-ring (bicyclic) bond motifs is 3. The minimum Gasteiger partial charge on any atom is -0.389 e. The first-order valence-corrected chi connectivity index (χ1v) is 12.0. The quantitative estimate of drug-likeness (QED) is 0.439. The van der Waals surface area contributed by atoms with Gasteiger partial charge < -0.3 is 25.1 Å². The predicted molar refractivity (Wildman–Crippen MR) is 123 cm³/mol. The maximum atomic E-state index is 14.2. The fraction of sp³-hybridized carbons (Fsp3) is 0.556. The molecule has 35 heavy (non-hydrogen) atoms. The number of hydrogen-bond acceptors (Lipinski definition) is 5. The fourth-order valence-electron chi connectivity index (χ4n) is 7.65. The third-order valence-electron chi connectivity index (χ3n) is 9.36. The van der Waals surface area contributed by atoms with Gasteiger partial charge in [0.05, 0.1) is 23.0 Å². The van der Waals surface area contributed by atoms with Crippen molar-refractivity contribution in [1.29, 1.82) is 0 Å². The second-order valence-electron chi connectivity index (χ2n) is 11.0. The zero-order valence-electron chi connectivity index (χ0n) is 19.9. The maximum Gasteiger partial charge on any atom is 0.224 e. The molecule has 3 N–H and O–H groups in total. The molecule has 4 aliphatic rings. The fourth-order valence-corrected chi connectivity index (χ4v) is 7.65. The van der Waals surface area contributed by atoms with Crippen LogP contribution in [0.4, 0.5) is 8.78 Å². The molecule has 1 unspecified atom stereocenters. The second-order valence-corrected chi connectivity index (χ2v) is 11.0. The van der Waals surface area contributed by atoms with Gasteiger partial charge in [0.25, 0.3) is 0 Å². The minimum atomic E-state index is -1.33. The van der Waals surface area contributed by atoms with Crippen LogP contribution in [-0.2, 0) is 20.9 Å². The van der Waals surface area contributed by atoms with Gasteiger partial charge in [-0.3, -0.25) is 4.79 Å². The lowest BCUT2D eigenvalue weighted by Crippen LogP contribution is -2.55. The highest BCUT2D eigenvalue weighted by atomic mass is 19.1. The second kappa shape index (κ2) is 8.05. The molecule has 0 aliphatic heterocycles. The van der Waals surface area contributed by atoms with Crippen molar-refractivity contribution >= 4 is 12.2 Å². The van der Waals surface area contributed by atoms with Crippen LogP contribution < -0.4 is 5.32 Å². The van der Waals surface area contributed by atoms with Gasteiger partial charge >= 0.3 is 0 Å². The Bertz CT molecular complexity index is 1120. The standard InChI is InChI=1S/C27H31F2NO5/c1-14-10-26-12-27(14,34)8-7-17(26)15-9-20(35-3)23(32)25(2,13-31)21(15)22(26)24(33)30-11-16-18(28)5-4-6-19(16)29/h4-6,9,13,17,20-23,32,34H,1,7-8,10-12H2,2-3H3,(H,30,33)/t17-,20+,21?,22+,23-,25-,26-,27-/m0/s1. The average molecular weight is 488 g/mol. The Hall–Kier alpha value is -2.42. The van der Waals surface area contributed by atoms with Crippen molar-refractivity contribution in [2.75, 3.05) is 7.11 Å². The molecule has 3 saturated carbocycles. The van der Waals surface area contributed by atoms with Crippen LogP contribution >= 0.6 is 0 Å². The number of carbonyl (C=O) groups is 2. The van der Waals surface area contributed by atoms with E-state index in [2.05, 4.69) is 11.9 Å². The average Bonchev–Trinajstić information content (AvgIpc) is 3.21. The molecule has 1 amide bonds. The molecule has 6 nitrogen and oxygen atoms in total. The summed E-state index contributed by atoms with van der Waals surface area (Å²) in [6.45, 7) is 5.39. The number of aliphatic hydroxyl groups is 2. The lowest BCUT2D eigenvalue weighted by molar-refractivity contribution is -0.145. The molecule has 5 rings (SSSR count). The number of aliphatic hydroxyl groups excluding tert-OH is 1. The van der Waals surface area contributed by atoms with Gasteiger partial charge in [0.2, 0.25) is 5.91 Å². The largest absolute Gasteiger partial charge is 0.389 e. The lowest BCUT2D eigenvalue weighted by atomic mass is 9.60. The summed E-state index contributed by atoms with van der Waals surface area (Å²) in [4.78, 5) is 26.4. The zero-order chi connectivity index (χ0) is 25.3.